The first-order valence-electron chi connectivity index (χ1n) is 11.8. The molecule has 3 aromatic rings. The Hall–Kier alpha value is -4.57. The van der Waals surface area contributed by atoms with Crippen molar-refractivity contribution in [2.45, 2.75) is 12.5 Å². The van der Waals surface area contributed by atoms with Gasteiger partial charge in [0.1, 0.15) is 11.8 Å². The zero-order valence-electron chi connectivity index (χ0n) is 20.0. The lowest BCUT2D eigenvalue weighted by Crippen LogP contribution is -2.48. The molecule has 2 atom stereocenters. The fourth-order valence-electron chi connectivity index (χ4n) is 5.80. The lowest BCUT2D eigenvalue weighted by atomic mass is 9.57. The summed E-state index contributed by atoms with van der Waals surface area (Å²) in [5.41, 5.74) is 7.84. The molecule has 0 spiro atoms. The Balaban J connectivity index is 1.76. The fourth-order valence-corrected chi connectivity index (χ4v) is 5.80. The van der Waals surface area contributed by atoms with E-state index in [9.17, 15) is 15.8 Å². The highest BCUT2D eigenvalue weighted by Gasteiger charge is 2.55. The second-order valence-electron chi connectivity index (χ2n) is 9.26. The SMILES string of the molecule is COc1ccc2ccccc2c1[C@H]1[C@H]2CN(Cc3ccccc3)CC=C2C(C#N)=C(N)C1(C#N)C#N. The van der Waals surface area contributed by atoms with E-state index in [-0.39, 0.29) is 17.2 Å². The van der Waals surface area contributed by atoms with Crippen molar-refractivity contribution in [2.75, 3.05) is 20.2 Å². The average molecular weight is 472 g/mol. The molecule has 2 aliphatic rings. The van der Waals surface area contributed by atoms with Crippen molar-refractivity contribution < 1.29 is 4.74 Å². The summed E-state index contributed by atoms with van der Waals surface area (Å²) in [7, 11) is 1.59. The van der Waals surface area contributed by atoms with E-state index in [4.69, 9.17) is 10.5 Å². The first-order valence-corrected chi connectivity index (χ1v) is 11.8. The number of methoxy groups -OCH3 is 1. The first-order chi connectivity index (χ1) is 17.6. The van der Waals surface area contributed by atoms with Crippen LogP contribution >= 0.6 is 0 Å². The van der Waals surface area contributed by atoms with Gasteiger partial charge in [0.05, 0.1) is 30.5 Å². The van der Waals surface area contributed by atoms with E-state index in [1.807, 2.05) is 60.7 Å². The van der Waals surface area contributed by atoms with Crippen molar-refractivity contribution >= 4 is 10.8 Å². The number of nitrogens with two attached hydrogens (primary N) is 1. The van der Waals surface area contributed by atoms with Crippen LogP contribution in [0.2, 0.25) is 0 Å². The lowest BCUT2D eigenvalue weighted by Gasteiger charge is -2.46. The van der Waals surface area contributed by atoms with Crippen molar-refractivity contribution in [1.29, 1.82) is 15.8 Å². The van der Waals surface area contributed by atoms with Gasteiger partial charge in [-0.25, -0.2) is 0 Å². The number of fused-ring (bicyclic) bond motifs is 2. The predicted octanol–water partition coefficient (Wildman–Crippen LogP) is 4.77. The molecule has 6 nitrogen and oxygen atoms in total. The normalized spacial score (nSPS) is 21.0. The van der Waals surface area contributed by atoms with Crippen LogP contribution in [-0.4, -0.2) is 25.1 Å². The Kier molecular flexibility index (Phi) is 5.95. The number of rotatable bonds is 4. The van der Waals surface area contributed by atoms with Gasteiger partial charge in [-0.15, -0.1) is 0 Å². The van der Waals surface area contributed by atoms with Crippen LogP contribution in [0.15, 0.2) is 89.6 Å². The topological polar surface area (TPSA) is 110 Å². The van der Waals surface area contributed by atoms with E-state index in [2.05, 4.69) is 35.2 Å². The molecule has 0 radical (unpaired) electrons. The monoisotopic (exact) mass is 471 g/mol. The van der Waals surface area contributed by atoms with Gasteiger partial charge >= 0.3 is 0 Å². The Labute approximate surface area is 210 Å². The molecule has 0 saturated carbocycles. The predicted molar refractivity (Wildman–Crippen MR) is 137 cm³/mol. The molecule has 36 heavy (non-hydrogen) atoms. The van der Waals surface area contributed by atoms with E-state index in [0.717, 1.165) is 21.9 Å². The quantitative estimate of drug-likeness (QED) is 0.587. The van der Waals surface area contributed by atoms with Gasteiger partial charge in [-0.3, -0.25) is 4.90 Å². The zero-order chi connectivity index (χ0) is 25.3. The Morgan fingerprint density at radius 2 is 1.72 bits per heavy atom. The molecule has 0 amide bonds. The molecule has 2 N–H and O–H groups in total. The van der Waals surface area contributed by atoms with Crippen molar-refractivity contribution in [3.05, 3.63) is 101 Å². The average Bonchev–Trinajstić information content (AvgIpc) is 2.93. The minimum atomic E-state index is -1.72. The van der Waals surface area contributed by atoms with E-state index >= 15 is 0 Å². The number of nitriles is 3. The van der Waals surface area contributed by atoms with Gasteiger partial charge in [0.2, 0.25) is 0 Å². The summed E-state index contributed by atoms with van der Waals surface area (Å²) in [5, 5.41) is 33.0. The van der Waals surface area contributed by atoms with Crippen LogP contribution in [0.5, 0.6) is 5.75 Å². The minimum Gasteiger partial charge on any atom is -0.496 e. The molecule has 176 valence electrons. The van der Waals surface area contributed by atoms with Crippen molar-refractivity contribution in [3.63, 3.8) is 0 Å². The number of ether oxygens (including phenoxy) is 1. The summed E-state index contributed by atoms with van der Waals surface area (Å²) in [6.45, 7) is 1.93. The highest BCUT2D eigenvalue weighted by Crippen LogP contribution is 2.57. The Bertz CT molecular complexity index is 1500. The van der Waals surface area contributed by atoms with E-state index in [1.165, 1.54) is 5.56 Å². The minimum absolute atomic E-state index is 0.0222. The summed E-state index contributed by atoms with van der Waals surface area (Å²) < 4.78 is 5.81. The summed E-state index contributed by atoms with van der Waals surface area (Å²) >= 11 is 0. The smallest absolute Gasteiger partial charge is 0.191 e. The third-order valence-corrected chi connectivity index (χ3v) is 7.45. The largest absolute Gasteiger partial charge is 0.496 e. The van der Waals surface area contributed by atoms with Gasteiger partial charge in [0, 0.05) is 37.0 Å². The molecule has 1 aliphatic carbocycles. The number of nitrogens with zero attached hydrogens (tertiary/aromatic N) is 4. The lowest BCUT2D eigenvalue weighted by molar-refractivity contribution is 0.200. The van der Waals surface area contributed by atoms with Crippen LogP contribution in [0, 0.1) is 45.3 Å². The molecule has 5 rings (SSSR count). The number of hydrogen-bond donors (Lipinski definition) is 1. The number of benzene rings is 3. The molecule has 1 aliphatic heterocycles. The molecular weight excluding hydrogens is 446 g/mol. The maximum Gasteiger partial charge on any atom is 0.191 e. The molecule has 3 aromatic carbocycles. The van der Waals surface area contributed by atoms with Gasteiger partial charge in [-0.1, -0.05) is 66.7 Å². The van der Waals surface area contributed by atoms with Crippen LogP contribution in [-0.2, 0) is 6.54 Å². The molecule has 0 unspecified atom stereocenters. The standard InChI is InChI=1S/C30H25N5O/c1-36-26-12-11-21-9-5-6-10-22(21)27(26)28-25-17-35(16-20-7-3-2-4-8-20)14-13-23(25)24(15-31)29(34)30(28,18-32)19-33/h2-13,25,28H,14,16-17,34H2,1H3/t25-,28+/m0/s1. The third-order valence-electron chi connectivity index (χ3n) is 7.45. The molecule has 0 bridgehead atoms. The van der Waals surface area contributed by atoms with Gasteiger partial charge in [0.25, 0.3) is 0 Å². The molecule has 0 saturated heterocycles. The first kappa shape index (κ1) is 23.2. The second-order valence-corrected chi connectivity index (χ2v) is 9.26. The molecular formula is C30H25N5O. The van der Waals surface area contributed by atoms with E-state index in [0.29, 0.717) is 25.4 Å². The Morgan fingerprint density at radius 1 is 1.00 bits per heavy atom. The zero-order valence-corrected chi connectivity index (χ0v) is 20.0. The van der Waals surface area contributed by atoms with Gasteiger partial charge in [-0.05, 0) is 28.0 Å². The highest BCUT2D eigenvalue weighted by atomic mass is 16.5. The van der Waals surface area contributed by atoms with Crippen LogP contribution in [0.1, 0.15) is 17.0 Å². The summed E-state index contributed by atoms with van der Waals surface area (Å²) in [6.07, 6.45) is 2.03. The number of allylic oxidation sites excluding steroid dienone is 2. The third kappa shape index (κ3) is 3.50. The number of hydrogen-bond acceptors (Lipinski definition) is 6. The summed E-state index contributed by atoms with van der Waals surface area (Å²) in [4.78, 5) is 2.28. The molecule has 0 aromatic heterocycles. The summed E-state index contributed by atoms with van der Waals surface area (Å²) in [5.74, 6) is -0.333. The van der Waals surface area contributed by atoms with Crippen molar-refractivity contribution in [2.24, 2.45) is 17.1 Å². The van der Waals surface area contributed by atoms with Crippen molar-refractivity contribution in [1.82, 2.24) is 4.90 Å². The van der Waals surface area contributed by atoms with Crippen LogP contribution in [0.3, 0.4) is 0 Å². The van der Waals surface area contributed by atoms with Gasteiger partial charge < -0.3 is 10.5 Å². The van der Waals surface area contributed by atoms with Crippen LogP contribution < -0.4 is 10.5 Å². The summed E-state index contributed by atoms with van der Waals surface area (Å²) in [6, 6.07) is 28.6. The van der Waals surface area contributed by atoms with E-state index in [1.54, 1.807) is 7.11 Å². The second kappa shape index (κ2) is 9.23. The van der Waals surface area contributed by atoms with Gasteiger partial charge in [-0.2, -0.15) is 15.8 Å². The molecule has 1 heterocycles. The van der Waals surface area contributed by atoms with Crippen molar-refractivity contribution in [3.8, 4) is 24.0 Å². The van der Waals surface area contributed by atoms with E-state index < -0.39 is 11.3 Å². The maximum atomic E-state index is 10.5. The highest BCUT2D eigenvalue weighted by molar-refractivity contribution is 5.89. The van der Waals surface area contributed by atoms with Crippen LogP contribution in [0.4, 0.5) is 0 Å². The maximum absolute atomic E-state index is 10.5. The van der Waals surface area contributed by atoms with Crippen LogP contribution in [0.25, 0.3) is 10.8 Å². The van der Waals surface area contributed by atoms with Gasteiger partial charge in [0.15, 0.2) is 5.41 Å². The fraction of sp³-hybridized carbons (Fsp3) is 0.233. The Morgan fingerprint density at radius 3 is 2.42 bits per heavy atom. The molecule has 6 heteroatoms. The molecule has 0 fully saturated rings.